The molecule has 0 unspecified atom stereocenters. The summed E-state index contributed by atoms with van der Waals surface area (Å²) in [6, 6.07) is 9.50. The fourth-order valence-electron chi connectivity index (χ4n) is 3.47. The molecule has 6 nitrogen and oxygen atoms in total. The molecule has 0 bridgehead atoms. The van der Waals surface area contributed by atoms with Crippen LogP contribution in [0.5, 0.6) is 5.75 Å². The van der Waals surface area contributed by atoms with Gasteiger partial charge in [0.2, 0.25) is 0 Å². The Morgan fingerprint density at radius 3 is 2.84 bits per heavy atom. The Kier molecular flexibility index (Phi) is 3.49. The van der Waals surface area contributed by atoms with Crippen molar-refractivity contribution in [2.45, 2.75) is 26.9 Å². The summed E-state index contributed by atoms with van der Waals surface area (Å²) in [5, 5.41) is 5.25. The van der Waals surface area contributed by atoms with Crippen molar-refractivity contribution in [1.29, 1.82) is 0 Å². The van der Waals surface area contributed by atoms with Crippen molar-refractivity contribution in [2.24, 2.45) is 7.05 Å². The van der Waals surface area contributed by atoms with Gasteiger partial charge in [-0.25, -0.2) is 4.98 Å². The zero-order valence-corrected chi connectivity index (χ0v) is 14.8. The monoisotopic (exact) mass is 336 g/mol. The standard InChI is InChI=1S/C19H20N4O2/c1-11-9-14(17-13(3)21-22(4)18(17)20-11)19(24)23-10-12(2)25-16-8-6-5-7-15(16)23/h5-9,12H,10H2,1-4H3/t12-/m0/s1. The number of pyridine rings is 1. The Bertz CT molecular complexity index is 992. The van der Waals surface area contributed by atoms with E-state index in [9.17, 15) is 4.79 Å². The molecule has 0 aliphatic carbocycles. The van der Waals surface area contributed by atoms with Gasteiger partial charge in [0.05, 0.1) is 28.9 Å². The molecule has 0 saturated carbocycles. The van der Waals surface area contributed by atoms with Crippen molar-refractivity contribution in [1.82, 2.24) is 14.8 Å². The van der Waals surface area contributed by atoms with Gasteiger partial charge in [-0.05, 0) is 39.0 Å². The van der Waals surface area contributed by atoms with Crippen LogP contribution >= 0.6 is 0 Å². The summed E-state index contributed by atoms with van der Waals surface area (Å²) < 4.78 is 7.59. The van der Waals surface area contributed by atoms with E-state index in [1.807, 2.05) is 58.2 Å². The lowest BCUT2D eigenvalue weighted by Gasteiger charge is -2.33. The van der Waals surface area contributed by atoms with Crippen LogP contribution < -0.4 is 9.64 Å². The smallest absolute Gasteiger partial charge is 0.259 e. The first kappa shape index (κ1) is 15.6. The van der Waals surface area contributed by atoms with Crippen molar-refractivity contribution >= 4 is 22.6 Å². The largest absolute Gasteiger partial charge is 0.487 e. The van der Waals surface area contributed by atoms with Gasteiger partial charge in [0.15, 0.2) is 5.65 Å². The number of rotatable bonds is 1. The molecule has 6 heteroatoms. The third-order valence-electron chi connectivity index (χ3n) is 4.50. The molecule has 0 saturated heterocycles. The van der Waals surface area contributed by atoms with Crippen LogP contribution in [0.1, 0.15) is 28.7 Å². The Balaban J connectivity index is 1.89. The minimum Gasteiger partial charge on any atom is -0.487 e. The fourth-order valence-corrected chi connectivity index (χ4v) is 3.47. The number of aryl methyl sites for hydroxylation is 3. The number of carbonyl (C=O) groups excluding carboxylic acids is 1. The molecule has 4 rings (SSSR count). The maximum Gasteiger partial charge on any atom is 0.259 e. The molecular formula is C19H20N4O2. The third-order valence-corrected chi connectivity index (χ3v) is 4.50. The van der Waals surface area contributed by atoms with Crippen molar-refractivity contribution in [2.75, 3.05) is 11.4 Å². The van der Waals surface area contributed by atoms with E-state index < -0.39 is 0 Å². The Morgan fingerprint density at radius 1 is 1.28 bits per heavy atom. The van der Waals surface area contributed by atoms with Gasteiger partial charge in [0.1, 0.15) is 11.9 Å². The van der Waals surface area contributed by atoms with E-state index in [1.165, 1.54) is 0 Å². The SMILES string of the molecule is Cc1cc(C(=O)N2C[C@H](C)Oc3ccccc32)c2c(C)nn(C)c2n1. The number of benzene rings is 1. The predicted octanol–water partition coefficient (Wildman–Crippen LogP) is 3.01. The Labute approximate surface area is 146 Å². The van der Waals surface area contributed by atoms with Crippen LogP contribution in [0.25, 0.3) is 11.0 Å². The number of nitrogens with zero attached hydrogens (tertiary/aromatic N) is 4. The maximum absolute atomic E-state index is 13.4. The highest BCUT2D eigenvalue weighted by molar-refractivity contribution is 6.14. The molecule has 1 amide bonds. The quantitative estimate of drug-likeness (QED) is 0.685. The highest BCUT2D eigenvalue weighted by atomic mass is 16.5. The average molecular weight is 336 g/mol. The van der Waals surface area contributed by atoms with Crippen LogP contribution in [0, 0.1) is 13.8 Å². The van der Waals surface area contributed by atoms with Gasteiger partial charge in [0, 0.05) is 12.7 Å². The lowest BCUT2D eigenvalue weighted by atomic mass is 10.1. The first-order chi connectivity index (χ1) is 12.0. The summed E-state index contributed by atoms with van der Waals surface area (Å²) in [6.45, 7) is 6.29. The van der Waals surface area contributed by atoms with E-state index in [0.717, 1.165) is 33.9 Å². The first-order valence-corrected chi connectivity index (χ1v) is 8.34. The molecule has 1 atom stereocenters. The van der Waals surface area contributed by atoms with E-state index in [-0.39, 0.29) is 12.0 Å². The fraction of sp³-hybridized carbons (Fsp3) is 0.316. The van der Waals surface area contributed by atoms with E-state index in [1.54, 1.807) is 9.58 Å². The van der Waals surface area contributed by atoms with Crippen LogP contribution in [-0.4, -0.2) is 33.3 Å². The van der Waals surface area contributed by atoms with Crippen molar-refractivity contribution < 1.29 is 9.53 Å². The van der Waals surface area contributed by atoms with Crippen molar-refractivity contribution in [3.05, 3.63) is 47.3 Å². The molecule has 128 valence electrons. The number of hydrogen-bond acceptors (Lipinski definition) is 4. The van der Waals surface area contributed by atoms with Gasteiger partial charge in [-0.1, -0.05) is 12.1 Å². The van der Waals surface area contributed by atoms with Crippen molar-refractivity contribution in [3.63, 3.8) is 0 Å². The lowest BCUT2D eigenvalue weighted by molar-refractivity contribution is 0.0962. The van der Waals surface area contributed by atoms with Crippen LogP contribution in [-0.2, 0) is 7.05 Å². The molecular weight excluding hydrogens is 316 g/mol. The lowest BCUT2D eigenvalue weighted by Crippen LogP contribution is -2.42. The Hall–Kier alpha value is -2.89. The number of anilines is 1. The van der Waals surface area contributed by atoms with Gasteiger partial charge in [-0.3, -0.25) is 9.48 Å². The molecule has 3 heterocycles. The zero-order chi connectivity index (χ0) is 17.7. The van der Waals surface area contributed by atoms with Crippen molar-refractivity contribution in [3.8, 4) is 5.75 Å². The number of ether oxygens (including phenoxy) is 1. The molecule has 1 aromatic carbocycles. The second kappa shape index (κ2) is 5.58. The normalized spacial score (nSPS) is 16.6. The van der Waals surface area contributed by atoms with Crippen LogP contribution in [0.3, 0.4) is 0 Å². The van der Waals surface area contributed by atoms with Gasteiger partial charge in [-0.15, -0.1) is 0 Å². The Morgan fingerprint density at radius 2 is 2.04 bits per heavy atom. The minimum absolute atomic E-state index is 0.0470. The highest BCUT2D eigenvalue weighted by Gasteiger charge is 2.30. The second-order valence-corrected chi connectivity index (χ2v) is 6.53. The summed E-state index contributed by atoms with van der Waals surface area (Å²) in [7, 11) is 1.85. The van der Waals surface area contributed by atoms with Crippen LogP contribution in [0.4, 0.5) is 5.69 Å². The van der Waals surface area contributed by atoms with Gasteiger partial charge < -0.3 is 9.64 Å². The number of amides is 1. The molecule has 0 spiro atoms. The molecule has 1 aliphatic heterocycles. The molecule has 0 N–H and O–H groups in total. The molecule has 0 fully saturated rings. The molecule has 25 heavy (non-hydrogen) atoms. The summed E-state index contributed by atoms with van der Waals surface area (Å²) in [5.74, 6) is 0.689. The zero-order valence-electron chi connectivity index (χ0n) is 14.8. The minimum atomic E-state index is -0.0627. The summed E-state index contributed by atoms with van der Waals surface area (Å²) in [6.07, 6.45) is -0.0627. The first-order valence-electron chi connectivity index (χ1n) is 8.34. The highest BCUT2D eigenvalue weighted by Crippen LogP contribution is 2.35. The molecule has 1 aliphatic rings. The topological polar surface area (TPSA) is 60.3 Å². The summed E-state index contributed by atoms with van der Waals surface area (Å²) in [5.41, 5.74) is 3.78. The van der Waals surface area contributed by atoms with E-state index >= 15 is 0 Å². The molecule has 2 aromatic heterocycles. The molecule has 3 aromatic rings. The predicted molar refractivity (Wildman–Crippen MR) is 96.2 cm³/mol. The van der Waals surface area contributed by atoms with Gasteiger partial charge in [0.25, 0.3) is 5.91 Å². The number of hydrogen-bond donors (Lipinski definition) is 0. The number of para-hydroxylation sites is 2. The number of carbonyl (C=O) groups is 1. The van der Waals surface area contributed by atoms with E-state index in [2.05, 4.69) is 10.1 Å². The third kappa shape index (κ3) is 2.45. The second-order valence-electron chi connectivity index (χ2n) is 6.53. The number of fused-ring (bicyclic) bond motifs is 2. The number of aromatic nitrogens is 3. The summed E-state index contributed by atoms with van der Waals surface area (Å²) in [4.78, 5) is 19.8. The summed E-state index contributed by atoms with van der Waals surface area (Å²) >= 11 is 0. The van der Waals surface area contributed by atoms with Gasteiger partial charge in [-0.2, -0.15) is 5.10 Å². The maximum atomic E-state index is 13.4. The average Bonchev–Trinajstić information content (AvgIpc) is 2.86. The van der Waals surface area contributed by atoms with Gasteiger partial charge >= 0.3 is 0 Å². The van der Waals surface area contributed by atoms with Crippen LogP contribution in [0.2, 0.25) is 0 Å². The molecule has 0 radical (unpaired) electrons. The van der Waals surface area contributed by atoms with Crippen LogP contribution in [0.15, 0.2) is 30.3 Å². The van der Waals surface area contributed by atoms with E-state index in [4.69, 9.17) is 4.74 Å². The van der Waals surface area contributed by atoms with E-state index in [0.29, 0.717) is 12.1 Å².